The Bertz CT molecular complexity index is 1390. The third-order valence-electron chi connectivity index (χ3n) is 4.58. The molecule has 5 nitrogen and oxygen atoms in total. The Kier molecular flexibility index (Phi) is 4.66. The normalized spacial score (nSPS) is 11.5. The SMILES string of the molecule is Cc1[nH]n2c(=O)cc(CSc3nc4ccccc4s3)nc2c1-c1cccc(Cl)c1. The molecule has 0 saturated heterocycles. The summed E-state index contributed by atoms with van der Waals surface area (Å²) in [5, 5.41) is 3.76. The summed E-state index contributed by atoms with van der Waals surface area (Å²) in [6, 6.07) is 17.2. The third-order valence-corrected chi connectivity index (χ3v) is 7.03. The van der Waals surface area contributed by atoms with E-state index in [-0.39, 0.29) is 5.56 Å². The van der Waals surface area contributed by atoms with Crippen molar-refractivity contribution in [2.45, 2.75) is 17.0 Å². The summed E-state index contributed by atoms with van der Waals surface area (Å²) in [6.45, 7) is 1.93. The highest BCUT2D eigenvalue weighted by Crippen LogP contribution is 2.32. The lowest BCUT2D eigenvalue weighted by Gasteiger charge is -2.03. The molecule has 5 aromatic rings. The molecule has 0 aliphatic heterocycles. The van der Waals surface area contributed by atoms with Gasteiger partial charge in [0.1, 0.15) is 0 Å². The maximum Gasteiger partial charge on any atom is 0.272 e. The summed E-state index contributed by atoms with van der Waals surface area (Å²) in [4.78, 5) is 22.1. The molecule has 5 rings (SSSR count). The maximum absolute atomic E-state index is 12.7. The molecular formula is C21H15ClN4OS2. The highest BCUT2D eigenvalue weighted by molar-refractivity contribution is 8.00. The Hall–Kier alpha value is -2.61. The van der Waals surface area contributed by atoms with Gasteiger partial charge in [-0.1, -0.05) is 47.6 Å². The molecule has 0 atom stereocenters. The lowest BCUT2D eigenvalue weighted by Crippen LogP contribution is -2.15. The van der Waals surface area contributed by atoms with Crippen molar-refractivity contribution in [1.29, 1.82) is 0 Å². The molecule has 1 N–H and O–H groups in total. The molecule has 0 radical (unpaired) electrons. The van der Waals surface area contributed by atoms with E-state index in [1.54, 1.807) is 29.2 Å². The van der Waals surface area contributed by atoms with E-state index in [2.05, 4.69) is 16.1 Å². The first-order valence-corrected chi connectivity index (χ1v) is 11.1. The molecule has 3 heterocycles. The Morgan fingerprint density at radius 3 is 2.83 bits per heavy atom. The number of fused-ring (bicyclic) bond motifs is 2. The molecule has 3 aromatic heterocycles. The molecule has 0 spiro atoms. The van der Waals surface area contributed by atoms with E-state index in [0.717, 1.165) is 37.1 Å². The van der Waals surface area contributed by atoms with Crippen LogP contribution in [0.5, 0.6) is 0 Å². The molecule has 2 aromatic carbocycles. The smallest absolute Gasteiger partial charge is 0.272 e. The van der Waals surface area contributed by atoms with E-state index in [0.29, 0.717) is 16.4 Å². The van der Waals surface area contributed by atoms with E-state index in [1.807, 2.05) is 49.4 Å². The number of aromatic nitrogens is 4. The number of rotatable bonds is 4. The quantitative estimate of drug-likeness (QED) is 0.373. The Morgan fingerprint density at radius 1 is 1.14 bits per heavy atom. The number of H-pyrrole nitrogens is 1. The van der Waals surface area contributed by atoms with Crippen molar-refractivity contribution in [2.24, 2.45) is 0 Å². The minimum absolute atomic E-state index is 0.133. The lowest BCUT2D eigenvalue weighted by molar-refractivity contribution is 0.872. The first-order chi connectivity index (χ1) is 14.1. The molecule has 0 unspecified atom stereocenters. The summed E-state index contributed by atoms with van der Waals surface area (Å²) in [5.41, 5.74) is 4.87. The van der Waals surface area contributed by atoms with Crippen molar-refractivity contribution in [1.82, 2.24) is 19.6 Å². The highest BCUT2D eigenvalue weighted by Gasteiger charge is 2.15. The molecule has 0 saturated carbocycles. The van der Waals surface area contributed by atoms with Crippen LogP contribution in [0.15, 0.2) is 63.7 Å². The van der Waals surface area contributed by atoms with Gasteiger partial charge in [-0.2, -0.15) is 0 Å². The third kappa shape index (κ3) is 3.46. The average molecular weight is 439 g/mol. The number of halogens is 1. The summed E-state index contributed by atoms with van der Waals surface area (Å²) in [7, 11) is 0. The maximum atomic E-state index is 12.7. The molecule has 0 fully saturated rings. The number of nitrogens with one attached hydrogen (secondary N) is 1. The highest BCUT2D eigenvalue weighted by atomic mass is 35.5. The average Bonchev–Trinajstić information content (AvgIpc) is 3.26. The monoisotopic (exact) mass is 438 g/mol. The molecule has 0 amide bonds. The standard InChI is InChI=1S/C21H15ClN4OS2/c1-12-19(13-5-4-6-14(22)9-13)20-23-15(10-18(27)26(20)25-12)11-28-21-24-16-7-2-3-8-17(16)29-21/h2-10,25H,11H2,1H3. The molecule has 8 heteroatoms. The minimum Gasteiger partial charge on any atom is -0.293 e. The van der Waals surface area contributed by atoms with Gasteiger partial charge < -0.3 is 0 Å². The fourth-order valence-electron chi connectivity index (χ4n) is 3.31. The van der Waals surface area contributed by atoms with Crippen LogP contribution in [0.2, 0.25) is 5.02 Å². The lowest BCUT2D eigenvalue weighted by atomic mass is 10.1. The van der Waals surface area contributed by atoms with E-state index in [1.165, 1.54) is 4.52 Å². The summed E-state index contributed by atoms with van der Waals surface area (Å²) in [5.74, 6) is 0.574. The fraction of sp³-hybridized carbons (Fsp3) is 0.0952. The fourth-order valence-corrected chi connectivity index (χ4v) is 5.46. The zero-order valence-electron chi connectivity index (χ0n) is 15.3. The largest absolute Gasteiger partial charge is 0.293 e. The summed E-state index contributed by atoms with van der Waals surface area (Å²) >= 11 is 9.41. The number of thioether (sulfide) groups is 1. The number of hydrogen-bond donors (Lipinski definition) is 1. The van der Waals surface area contributed by atoms with Crippen molar-refractivity contribution < 1.29 is 0 Å². The number of benzene rings is 2. The predicted molar refractivity (Wildman–Crippen MR) is 120 cm³/mol. The van der Waals surface area contributed by atoms with E-state index < -0.39 is 0 Å². The Balaban J connectivity index is 1.53. The van der Waals surface area contributed by atoms with E-state index >= 15 is 0 Å². The van der Waals surface area contributed by atoms with Gasteiger partial charge in [0, 0.05) is 28.1 Å². The van der Waals surface area contributed by atoms with Crippen LogP contribution in [0.3, 0.4) is 0 Å². The van der Waals surface area contributed by atoms with Crippen LogP contribution in [0.25, 0.3) is 27.0 Å². The van der Waals surface area contributed by atoms with Gasteiger partial charge >= 0.3 is 0 Å². The summed E-state index contributed by atoms with van der Waals surface area (Å²) in [6.07, 6.45) is 0. The van der Waals surface area contributed by atoms with Gasteiger partial charge in [-0.3, -0.25) is 9.89 Å². The number of aryl methyl sites for hydroxylation is 1. The second-order valence-corrected chi connectivity index (χ2v) is 9.29. The first-order valence-electron chi connectivity index (χ1n) is 8.94. The molecule has 29 heavy (non-hydrogen) atoms. The summed E-state index contributed by atoms with van der Waals surface area (Å²) < 4.78 is 3.61. The van der Waals surface area contributed by atoms with Gasteiger partial charge in [-0.15, -0.1) is 11.3 Å². The van der Waals surface area contributed by atoms with Crippen LogP contribution >= 0.6 is 34.7 Å². The van der Waals surface area contributed by atoms with Crippen LogP contribution in [-0.2, 0) is 5.75 Å². The van der Waals surface area contributed by atoms with Crippen molar-refractivity contribution >= 4 is 50.6 Å². The van der Waals surface area contributed by atoms with Crippen LogP contribution in [0.1, 0.15) is 11.4 Å². The van der Waals surface area contributed by atoms with Gasteiger partial charge in [0.2, 0.25) is 0 Å². The topological polar surface area (TPSA) is 63.0 Å². The predicted octanol–water partition coefficient (Wildman–Crippen LogP) is 5.55. The van der Waals surface area contributed by atoms with E-state index in [9.17, 15) is 4.79 Å². The van der Waals surface area contributed by atoms with Crippen molar-refractivity contribution in [3.63, 3.8) is 0 Å². The second-order valence-electron chi connectivity index (χ2n) is 6.60. The first kappa shape index (κ1) is 18.4. The van der Waals surface area contributed by atoms with Gasteiger partial charge in [-0.05, 0) is 36.8 Å². The molecule has 0 bridgehead atoms. The zero-order valence-corrected chi connectivity index (χ0v) is 17.7. The molecule has 0 aliphatic carbocycles. The van der Waals surface area contributed by atoms with Gasteiger partial charge in [-0.25, -0.2) is 14.5 Å². The Labute approximate surface area is 179 Å². The Morgan fingerprint density at radius 2 is 2.00 bits per heavy atom. The van der Waals surface area contributed by atoms with E-state index in [4.69, 9.17) is 16.6 Å². The molecular weight excluding hydrogens is 424 g/mol. The molecule has 0 aliphatic rings. The van der Waals surface area contributed by atoms with Crippen LogP contribution < -0.4 is 5.56 Å². The molecule has 144 valence electrons. The minimum atomic E-state index is -0.133. The van der Waals surface area contributed by atoms with Gasteiger partial charge in [0.25, 0.3) is 5.56 Å². The number of para-hydroxylation sites is 1. The van der Waals surface area contributed by atoms with Crippen LogP contribution in [0.4, 0.5) is 0 Å². The van der Waals surface area contributed by atoms with Crippen LogP contribution in [-0.4, -0.2) is 19.6 Å². The number of thiazole rings is 1. The number of aromatic amines is 1. The van der Waals surface area contributed by atoms with Gasteiger partial charge in [0.05, 0.1) is 15.9 Å². The van der Waals surface area contributed by atoms with Crippen molar-refractivity contribution in [3.8, 4) is 11.1 Å². The number of nitrogens with zero attached hydrogens (tertiary/aromatic N) is 3. The van der Waals surface area contributed by atoms with Crippen molar-refractivity contribution in [2.75, 3.05) is 0 Å². The van der Waals surface area contributed by atoms with Crippen molar-refractivity contribution in [3.05, 3.63) is 81.4 Å². The second kappa shape index (κ2) is 7.33. The number of hydrogen-bond acceptors (Lipinski definition) is 5. The van der Waals surface area contributed by atoms with Crippen LogP contribution in [0, 0.1) is 6.92 Å². The zero-order chi connectivity index (χ0) is 20.0. The van der Waals surface area contributed by atoms with Gasteiger partial charge in [0.15, 0.2) is 9.99 Å².